The van der Waals surface area contributed by atoms with E-state index < -0.39 is 0 Å². The van der Waals surface area contributed by atoms with E-state index in [2.05, 4.69) is 45.1 Å². The van der Waals surface area contributed by atoms with E-state index in [0.29, 0.717) is 6.04 Å². The summed E-state index contributed by atoms with van der Waals surface area (Å²) in [6, 6.07) is 9.19. The van der Waals surface area contributed by atoms with Gasteiger partial charge in [-0.1, -0.05) is 40.5 Å². The van der Waals surface area contributed by atoms with Crippen molar-refractivity contribution in [1.82, 2.24) is 4.90 Å². The van der Waals surface area contributed by atoms with Crippen molar-refractivity contribution in [3.8, 4) is 0 Å². The van der Waals surface area contributed by atoms with E-state index in [4.69, 9.17) is 5.73 Å². The van der Waals surface area contributed by atoms with Gasteiger partial charge in [-0.2, -0.15) is 0 Å². The molecule has 0 amide bonds. The number of hydrogen-bond donors (Lipinski definition) is 1. The van der Waals surface area contributed by atoms with Crippen molar-refractivity contribution in [2.45, 2.75) is 38.3 Å². The van der Waals surface area contributed by atoms with Crippen LogP contribution in [0.4, 0.5) is 0 Å². The topological polar surface area (TPSA) is 29.3 Å². The molecule has 1 fully saturated rings. The lowest BCUT2D eigenvalue weighted by Crippen LogP contribution is -2.40. The van der Waals surface area contributed by atoms with Gasteiger partial charge in [-0.25, -0.2) is 0 Å². The van der Waals surface area contributed by atoms with Crippen molar-refractivity contribution in [2.75, 3.05) is 13.1 Å². The summed E-state index contributed by atoms with van der Waals surface area (Å²) in [4.78, 5) is 2.59. The second kappa shape index (κ2) is 6.53. The normalized spacial score (nSPS) is 21.6. The number of halogens is 1. The third-order valence-corrected chi connectivity index (χ3v) is 4.35. The Bertz CT molecular complexity index is 352. The van der Waals surface area contributed by atoms with E-state index in [1.807, 2.05) is 0 Å². The smallest absolute Gasteiger partial charge is 0.0247 e. The van der Waals surface area contributed by atoms with Gasteiger partial charge >= 0.3 is 0 Å². The van der Waals surface area contributed by atoms with E-state index in [1.165, 1.54) is 35.8 Å². The van der Waals surface area contributed by atoms with Crippen LogP contribution in [-0.2, 0) is 6.54 Å². The van der Waals surface area contributed by atoms with Gasteiger partial charge in [0.15, 0.2) is 0 Å². The van der Waals surface area contributed by atoms with Crippen molar-refractivity contribution in [3.05, 3.63) is 34.3 Å². The number of nitrogens with zero attached hydrogens (tertiary/aromatic N) is 1. The zero-order valence-corrected chi connectivity index (χ0v) is 11.8. The molecule has 0 saturated carbocycles. The van der Waals surface area contributed by atoms with Gasteiger partial charge in [0.1, 0.15) is 0 Å². The summed E-state index contributed by atoms with van der Waals surface area (Å²) < 4.78 is 1.22. The van der Waals surface area contributed by atoms with Gasteiger partial charge in [-0.15, -0.1) is 0 Å². The molecule has 0 aromatic heterocycles. The van der Waals surface area contributed by atoms with Crippen LogP contribution in [0.15, 0.2) is 28.7 Å². The molecule has 0 radical (unpaired) electrons. The predicted molar refractivity (Wildman–Crippen MR) is 75.9 cm³/mol. The maximum Gasteiger partial charge on any atom is 0.0247 e. The summed E-state index contributed by atoms with van der Waals surface area (Å²) >= 11 is 3.63. The van der Waals surface area contributed by atoms with E-state index in [1.54, 1.807) is 0 Å². The van der Waals surface area contributed by atoms with Crippen LogP contribution < -0.4 is 5.73 Å². The molecule has 94 valence electrons. The molecule has 1 unspecified atom stereocenters. The summed E-state index contributed by atoms with van der Waals surface area (Å²) in [6.07, 6.45) is 5.12. The third-order valence-electron chi connectivity index (χ3n) is 3.58. The van der Waals surface area contributed by atoms with Crippen LogP contribution in [0.1, 0.15) is 31.2 Å². The lowest BCUT2D eigenvalue weighted by molar-refractivity contribution is 0.134. The largest absolute Gasteiger partial charge is 0.330 e. The van der Waals surface area contributed by atoms with Crippen LogP contribution in [0.2, 0.25) is 0 Å². The molecule has 2 nitrogen and oxygen atoms in total. The minimum atomic E-state index is 0.681. The molecule has 1 aliphatic heterocycles. The second-order valence-electron chi connectivity index (χ2n) is 4.79. The van der Waals surface area contributed by atoms with Gasteiger partial charge in [0.05, 0.1) is 0 Å². The molecule has 1 aliphatic rings. The fraction of sp³-hybridized carbons (Fsp3) is 0.571. The summed E-state index contributed by atoms with van der Waals surface area (Å²) in [5, 5.41) is 0. The van der Waals surface area contributed by atoms with E-state index in [0.717, 1.165) is 19.5 Å². The van der Waals surface area contributed by atoms with E-state index in [-0.39, 0.29) is 0 Å². The molecule has 1 saturated heterocycles. The Morgan fingerprint density at radius 1 is 1.29 bits per heavy atom. The highest BCUT2D eigenvalue weighted by Gasteiger charge is 2.21. The number of hydrogen-bond acceptors (Lipinski definition) is 2. The first-order chi connectivity index (χ1) is 8.31. The average Bonchev–Trinajstić information content (AvgIpc) is 2.35. The zero-order valence-electron chi connectivity index (χ0n) is 10.2. The summed E-state index contributed by atoms with van der Waals surface area (Å²) in [6.45, 7) is 3.06. The molecule has 1 aromatic carbocycles. The fourth-order valence-corrected chi connectivity index (χ4v) is 3.04. The Kier molecular flexibility index (Phi) is 5.01. The molecule has 1 atom stereocenters. The molecule has 1 aromatic rings. The van der Waals surface area contributed by atoms with Crippen LogP contribution in [0.3, 0.4) is 0 Å². The molecule has 17 heavy (non-hydrogen) atoms. The van der Waals surface area contributed by atoms with Crippen LogP contribution in [0.5, 0.6) is 0 Å². The van der Waals surface area contributed by atoms with Crippen molar-refractivity contribution in [1.29, 1.82) is 0 Å². The van der Waals surface area contributed by atoms with Gasteiger partial charge in [-0.05, 0) is 44.0 Å². The maximum absolute atomic E-state index is 5.71. The Labute approximate surface area is 112 Å². The molecule has 0 spiro atoms. The maximum atomic E-state index is 5.71. The monoisotopic (exact) mass is 296 g/mol. The first-order valence-electron chi connectivity index (χ1n) is 6.49. The van der Waals surface area contributed by atoms with Crippen molar-refractivity contribution < 1.29 is 0 Å². The lowest BCUT2D eigenvalue weighted by atomic mass is 9.98. The average molecular weight is 297 g/mol. The van der Waals surface area contributed by atoms with Gasteiger partial charge < -0.3 is 5.73 Å². The number of rotatable bonds is 4. The Morgan fingerprint density at radius 2 is 2.12 bits per heavy atom. The highest BCUT2D eigenvalue weighted by Crippen LogP contribution is 2.24. The molecule has 0 aliphatic carbocycles. The fourth-order valence-electron chi connectivity index (χ4n) is 2.63. The standard InChI is InChI=1S/C14H21BrN2/c15-14-7-2-1-5-12(14)11-17-10-4-3-6-13(17)8-9-16/h1-2,5,7,13H,3-4,6,8-11,16H2. The highest BCUT2D eigenvalue weighted by atomic mass is 79.9. The van der Waals surface area contributed by atoms with E-state index in [9.17, 15) is 0 Å². The van der Waals surface area contributed by atoms with Gasteiger partial charge in [0.2, 0.25) is 0 Å². The zero-order chi connectivity index (χ0) is 12.1. The quantitative estimate of drug-likeness (QED) is 0.925. The molecular formula is C14H21BrN2. The minimum absolute atomic E-state index is 0.681. The van der Waals surface area contributed by atoms with Crippen LogP contribution in [-0.4, -0.2) is 24.0 Å². The Hall–Kier alpha value is -0.380. The molecule has 0 bridgehead atoms. The van der Waals surface area contributed by atoms with Crippen LogP contribution in [0, 0.1) is 0 Å². The van der Waals surface area contributed by atoms with Gasteiger partial charge in [-0.3, -0.25) is 4.90 Å². The predicted octanol–water partition coefficient (Wildman–Crippen LogP) is 3.15. The van der Waals surface area contributed by atoms with Crippen molar-refractivity contribution in [3.63, 3.8) is 0 Å². The van der Waals surface area contributed by atoms with Gasteiger partial charge in [0.25, 0.3) is 0 Å². The van der Waals surface area contributed by atoms with Gasteiger partial charge in [0, 0.05) is 17.1 Å². The Morgan fingerprint density at radius 3 is 2.88 bits per heavy atom. The molecule has 2 N–H and O–H groups in total. The van der Waals surface area contributed by atoms with E-state index >= 15 is 0 Å². The van der Waals surface area contributed by atoms with Crippen LogP contribution in [0.25, 0.3) is 0 Å². The van der Waals surface area contributed by atoms with Crippen LogP contribution >= 0.6 is 15.9 Å². The van der Waals surface area contributed by atoms with Crippen molar-refractivity contribution in [2.24, 2.45) is 5.73 Å². The first-order valence-corrected chi connectivity index (χ1v) is 7.28. The molecule has 2 rings (SSSR count). The minimum Gasteiger partial charge on any atom is -0.330 e. The third kappa shape index (κ3) is 3.54. The highest BCUT2D eigenvalue weighted by molar-refractivity contribution is 9.10. The number of benzene rings is 1. The summed E-state index contributed by atoms with van der Waals surface area (Å²) in [5.74, 6) is 0. The molecule has 3 heteroatoms. The summed E-state index contributed by atoms with van der Waals surface area (Å²) in [7, 11) is 0. The van der Waals surface area contributed by atoms with Crippen molar-refractivity contribution >= 4 is 15.9 Å². The number of piperidine rings is 1. The summed E-state index contributed by atoms with van der Waals surface area (Å²) in [5.41, 5.74) is 7.09. The number of likely N-dealkylation sites (tertiary alicyclic amines) is 1. The molecular weight excluding hydrogens is 276 g/mol. The molecule has 1 heterocycles. The second-order valence-corrected chi connectivity index (χ2v) is 5.64. The first kappa shape index (κ1) is 13.1. The number of nitrogens with two attached hydrogens (primary N) is 1. The SMILES string of the molecule is NCCC1CCCCN1Cc1ccccc1Br. The lowest BCUT2D eigenvalue weighted by Gasteiger charge is -2.35. The Balaban J connectivity index is 2.03.